The van der Waals surface area contributed by atoms with E-state index < -0.39 is 20.2 Å². The van der Waals surface area contributed by atoms with Gasteiger partial charge in [-0.25, -0.2) is 8.42 Å². The number of ether oxygens (including phenoxy) is 1. The number of benzene rings is 1. The van der Waals surface area contributed by atoms with Gasteiger partial charge in [-0.3, -0.25) is 0 Å². The van der Waals surface area contributed by atoms with Gasteiger partial charge in [-0.2, -0.15) is 13.2 Å². The summed E-state index contributed by atoms with van der Waals surface area (Å²) in [6.45, 7) is 4.66. The van der Waals surface area contributed by atoms with Gasteiger partial charge < -0.3 is 9.64 Å². The number of para-hydroxylation sites is 1. The highest BCUT2D eigenvalue weighted by Crippen LogP contribution is 2.36. The second-order valence-electron chi connectivity index (χ2n) is 4.90. The van der Waals surface area contributed by atoms with Crippen LogP contribution in [-0.4, -0.2) is 39.7 Å². The zero-order valence-corrected chi connectivity index (χ0v) is 12.5. The Morgan fingerprint density at radius 2 is 2.05 bits per heavy atom. The van der Waals surface area contributed by atoms with Crippen LogP contribution in [0.4, 0.5) is 18.9 Å². The lowest BCUT2D eigenvalue weighted by Crippen LogP contribution is -2.28. The van der Waals surface area contributed by atoms with Crippen LogP contribution in [0.25, 0.3) is 0 Å². The molecular weight excluding hydrogens is 319 g/mol. The van der Waals surface area contributed by atoms with Gasteiger partial charge in [-0.05, 0) is 18.6 Å². The van der Waals surface area contributed by atoms with Crippen LogP contribution in [0.2, 0.25) is 0 Å². The summed E-state index contributed by atoms with van der Waals surface area (Å²) in [4.78, 5) is 0.888. The van der Waals surface area contributed by atoms with Crippen molar-refractivity contribution in [3.8, 4) is 0 Å². The first-order chi connectivity index (χ1) is 10.3. The van der Waals surface area contributed by atoms with Gasteiger partial charge in [0.15, 0.2) is 0 Å². The van der Waals surface area contributed by atoms with Crippen LogP contribution in [0.1, 0.15) is 6.42 Å². The van der Waals surface area contributed by atoms with Crippen LogP contribution in [0.5, 0.6) is 0 Å². The lowest BCUT2D eigenvalue weighted by molar-refractivity contribution is -0.0435. The highest BCUT2D eigenvalue weighted by Gasteiger charge is 2.48. The highest BCUT2D eigenvalue weighted by molar-refractivity contribution is 7.92. The molecule has 1 aliphatic rings. The van der Waals surface area contributed by atoms with E-state index >= 15 is 0 Å². The molecule has 1 fully saturated rings. The van der Waals surface area contributed by atoms with Crippen molar-refractivity contribution in [3.63, 3.8) is 0 Å². The van der Waals surface area contributed by atoms with Crippen LogP contribution in [-0.2, 0) is 14.6 Å². The average Bonchev–Trinajstić information content (AvgIpc) is 2.92. The van der Waals surface area contributed by atoms with Gasteiger partial charge in [-0.1, -0.05) is 18.2 Å². The van der Waals surface area contributed by atoms with Crippen molar-refractivity contribution in [2.45, 2.75) is 22.9 Å². The number of alkyl halides is 3. The molecule has 1 atom stereocenters. The van der Waals surface area contributed by atoms with E-state index in [9.17, 15) is 21.6 Å². The molecule has 1 saturated heterocycles. The summed E-state index contributed by atoms with van der Waals surface area (Å²) in [7, 11) is -5.38. The Balaban J connectivity index is 2.29. The Kier molecular flexibility index (Phi) is 4.81. The Labute approximate surface area is 127 Å². The predicted molar refractivity (Wildman–Crippen MR) is 76.4 cm³/mol. The molecule has 0 bridgehead atoms. The number of nitrogens with zero attached hydrogens (tertiary/aromatic N) is 1. The molecule has 1 heterocycles. The van der Waals surface area contributed by atoms with Crippen molar-refractivity contribution in [2.75, 3.05) is 24.6 Å². The van der Waals surface area contributed by atoms with Crippen molar-refractivity contribution in [3.05, 3.63) is 36.9 Å². The molecule has 1 unspecified atom stereocenters. The molecule has 1 aliphatic heterocycles. The van der Waals surface area contributed by atoms with Crippen LogP contribution in [0, 0.1) is 0 Å². The highest BCUT2D eigenvalue weighted by atomic mass is 32.2. The molecular formula is C14H16F3NO3S. The van der Waals surface area contributed by atoms with Crippen LogP contribution >= 0.6 is 0 Å². The summed E-state index contributed by atoms with van der Waals surface area (Å²) in [5.74, 6) is 0. The first-order valence-electron chi connectivity index (χ1n) is 6.65. The quantitative estimate of drug-likeness (QED) is 0.777. The third-order valence-corrected chi connectivity index (χ3v) is 4.93. The maximum Gasteiger partial charge on any atom is 0.501 e. The van der Waals surface area contributed by atoms with Crippen molar-refractivity contribution < 1.29 is 26.3 Å². The minimum absolute atomic E-state index is 0.0597. The monoisotopic (exact) mass is 335 g/mol. The third-order valence-electron chi connectivity index (χ3n) is 3.39. The van der Waals surface area contributed by atoms with E-state index in [0.717, 1.165) is 6.07 Å². The van der Waals surface area contributed by atoms with Gasteiger partial charge in [-0.15, -0.1) is 6.58 Å². The van der Waals surface area contributed by atoms with E-state index in [2.05, 4.69) is 6.58 Å². The fourth-order valence-electron chi connectivity index (χ4n) is 2.36. The predicted octanol–water partition coefficient (Wildman–Crippen LogP) is 2.76. The SMILES string of the molecule is C=CCOC1CCN(c2ccccc2S(=O)(=O)C(F)(F)F)C1. The number of anilines is 1. The van der Waals surface area contributed by atoms with Crippen LogP contribution in [0.3, 0.4) is 0 Å². The molecule has 0 aromatic heterocycles. The summed E-state index contributed by atoms with van der Waals surface area (Å²) in [6.07, 6.45) is 2.05. The largest absolute Gasteiger partial charge is 0.501 e. The molecule has 0 spiro atoms. The Hall–Kier alpha value is -1.54. The van der Waals surface area contributed by atoms with Crippen molar-refractivity contribution >= 4 is 15.5 Å². The first-order valence-corrected chi connectivity index (χ1v) is 8.13. The molecule has 1 aromatic carbocycles. The fourth-order valence-corrected chi connectivity index (χ4v) is 3.34. The number of sulfone groups is 1. The molecule has 0 N–H and O–H groups in total. The summed E-state index contributed by atoms with van der Waals surface area (Å²) in [6, 6.07) is 5.16. The number of hydrogen-bond donors (Lipinski definition) is 0. The normalized spacial score (nSPS) is 19.4. The molecule has 22 heavy (non-hydrogen) atoms. The van der Waals surface area contributed by atoms with Crippen LogP contribution < -0.4 is 4.90 Å². The van der Waals surface area contributed by atoms with E-state index in [-0.39, 0.29) is 11.8 Å². The second-order valence-corrected chi connectivity index (χ2v) is 6.81. The smallest absolute Gasteiger partial charge is 0.372 e. The van der Waals surface area contributed by atoms with E-state index in [1.165, 1.54) is 18.2 Å². The molecule has 2 rings (SSSR count). The molecule has 122 valence electrons. The van der Waals surface area contributed by atoms with E-state index in [4.69, 9.17) is 4.74 Å². The lowest BCUT2D eigenvalue weighted by atomic mass is 10.3. The standard InChI is InChI=1S/C14H16F3NO3S/c1-2-9-21-11-7-8-18(10-11)12-5-3-4-6-13(12)22(19,20)14(15,16)17/h2-6,11H,1,7-10H2. The fraction of sp³-hybridized carbons (Fsp3) is 0.429. The molecule has 8 heteroatoms. The van der Waals surface area contributed by atoms with Crippen molar-refractivity contribution in [1.82, 2.24) is 0 Å². The summed E-state index contributed by atoms with van der Waals surface area (Å²) in [5, 5.41) is 0. The molecule has 0 radical (unpaired) electrons. The van der Waals surface area contributed by atoms with Gasteiger partial charge in [0.05, 0.1) is 23.3 Å². The summed E-state index contributed by atoms with van der Waals surface area (Å²) in [5.41, 5.74) is -5.26. The molecule has 4 nitrogen and oxygen atoms in total. The maximum absolute atomic E-state index is 12.8. The minimum Gasteiger partial charge on any atom is -0.372 e. The zero-order valence-electron chi connectivity index (χ0n) is 11.7. The Morgan fingerprint density at radius 1 is 1.36 bits per heavy atom. The average molecular weight is 335 g/mol. The summed E-state index contributed by atoms with van der Waals surface area (Å²) < 4.78 is 67.2. The van der Waals surface area contributed by atoms with Crippen molar-refractivity contribution in [1.29, 1.82) is 0 Å². The van der Waals surface area contributed by atoms with Gasteiger partial charge in [0.1, 0.15) is 0 Å². The molecule has 0 amide bonds. The number of hydrogen-bond acceptors (Lipinski definition) is 4. The van der Waals surface area contributed by atoms with E-state index in [1.54, 1.807) is 11.0 Å². The third kappa shape index (κ3) is 3.27. The van der Waals surface area contributed by atoms with Gasteiger partial charge in [0.2, 0.25) is 0 Å². The van der Waals surface area contributed by atoms with Gasteiger partial charge in [0.25, 0.3) is 9.84 Å². The minimum atomic E-state index is -5.38. The molecule has 1 aromatic rings. The van der Waals surface area contributed by atoms with Gasteiger partial charge in [0, 0.05) is 13.1 Å². The Morgan fingerprint density at radius 3 is 2.68 bits per heavy atom. The topological polar surface area (TPSA) is 46.6 Å². The Bertz CT molecular complexity index is 643. The van der Waals surface area contributed by atoms with E-state index in [1.807, 2.05) is 0 Å². The lowest BCUT2D eigenvalue weighted by Gasteiger charge is -2.22. The first kappa shape index (κ1) is 16.8. The molecule has 0 aliphatic carbocycles. The molecule has 0 saturated carbocycles. The van der Waals surface area contributed by atoms with Crippen LogP contribution in [0.15, 0.2) is 41.8 Å². The van der Waals surface area contributed by atoms with E-state index in [0.29, 0.717) is 26.1 Å². The van der Waals surface area contributed by atoms with Gasteiger partial charge >= 0.3 is 5.51 Å². The maximum atomic E-state index is 12.8. The number of rotatable bonds is 5. The summed E-state index contributed by atoms with van der Waals surface area (Å²) >= 11 is 0. The zero-order chi connectivity index (χ0) is 16.4. The second kappa shape index (κ2) is 6.29. The van der Waals surface area contributed by atoms with Crippen molar-refractivity contribution in [2.24, 2.45) is 0 Å². The number of halogens is 3.